The van der Waals surface area contributed by atoms with Crippen molar-refractivity contribution in [3.63, 3.8) is 0 Å². The smallest absolute Gasteiger partial charge is 0.311 e. The number of benzene rings is 2. The van der Waals surface area contributed by atoms with E-state index in [1.165, 1.54) is 0 Å². The van der Waals surface area contributed by atoms with Crippen LogP contribution in [0.2, 0.25) is 0 Å². The lowest BCUT2D eigenvalue weighted by Crippen LogP contribution is -2.22. The summed E-state index contributed by atoms with van der Waals surface area (Å²) in [6.07, 6.45) is 0.510. The Morgan fingerprint density at radius 2 is 2.00 bits per heavy atom. The van der Waals surface area contributed by atoms with Crippen molar-refractivity contribution in [2.75, 3.05) is 7.11 Å². The van der Waals surface area contributed by atoms with Crippen LogP contribution in [0.4, 0.5) is 0 Å². The first-order valence-electron chi connectivity index (χ1n) is 7.14. The monoisotopic (exact) mass is 296 g/mol. The summed E-state index contributed by atoms with van der Waals surface area (Å²) in [6, 6.07) is 14.5. The molecule has 4 nitrogen and oxygen atoms in total. The molecule has 0 saturated carbocycles. The van der Waals surface area contributed by atoms with Gasteiger partial charge < -0.3 is 9.47 Å². The molecule has 0 unspecified atom stereocenters. The summed E-state index contributed by atoms with van der Waals surface area (Å²) in [5, 5.41) is 0. The Balaban J connectivity index is 1.86. The van der Waals surface area contributed by atoms with E-state index in [0.717, 1.165) is 5.56 Å². The maximum absolute atomic E-state index is 12.4. The van der Waals surface area contributed by atoms with Crippen molar-refractivity contribution in [1.82, 2.24) is 0 Å². The number of Topliss-reactive ketones (excluding diaryl/α,β-unsaturated/α-hetero) is 1. The number of carbonyl (C=O) groups is 2. The molecule has 2 aromatic carbocycles. The van der Waals surface area contributed by atoms with E-state index < -0.39 is 0 Å². The normalized spacial score (nSPS) is 16.6. The second kappa shape index (κ2) is 6.02. The van der Waals surface area contributed by atoms with E-state index in [4.69, 9.17) is 9.47 Å². The molecule has 4 heteroatoms. The lowest BCUT2D eigenvalue weighted by atomic mass is 9.87. The highest BCUT2D eigenvalue weighted by molar-refractivity contribution is 5.97. The number of esters is 1. The van der Waals surface area contributed by atoms with Crippen molar-refractivity contribution in [2.45, 2.75) is 18.8 Å². The lowest BCUT2D eigenvalue weighted by molar-refractivity contribution is -0.135. The van der Waals surface area contributed by atoms with Gasteiger partial charge in [-0.05, 0) is 11.6 Å². The number of hydrogen-bond acceptors (Lipinski definition) is 4. The van der Waals surface area contributed by atoms with Crippen molar-refractivity contribution < 1.29 is 19.1 Å². The predicted molar refractivity (Wildman–Crippen MR) is 81.4 cm³/mol. The molecule has 0 bridgehead atoms. The highest BCUT2D eigenvalue weighted by Crippen LogP contribution is 2.38. The minimum atomic E-state index is -0.313. The topological polar surface area (TPSA) is 52.6 Å². The molecule has 0 N–H and O–H groups in total. The van der Waals surface area contributed by atoms with Gasteiger partial charge in [-0.25, -0.2) is 0 Å². The fraction of sp³-hybridized carbons (Fsp3) is 0.222. The molecular formula is C18H16O4. The van der Waals surface area contributed by atoms with Gasteiger partial charge in [0.2, 0.25) is 0 Å². The van der Waals surface area contributed by atoms with Crippen LogP contribution < -0.4 is 9.47 Å². The van der Waals surface area contributed by atoms with Crippen molar-refractivity contribution in [2.24, 2.45) is 0 Å². The molecule has 1 aliphatic heterocycles. The van der Waals surface area contributed by atoms with Crippen LogP contribution >= 0.6 is 0 Å². The maximum atomic E-state index is 12.4. The summed E-state index contributed by atoms with van der Waals surface area (Å²) in [5.41, 5.74) is 1.54. The van der Waals surface area contributed by atoms with Gasteiger partial charge in [0.1, 0.15) is 11.5 Å². The summed E-state index contributed by atoms with van der Waals surface area (Å²) >= 11 is 0. The summed E-state index contributed by atoms with van der Waals surface area (Å²) in [7, 11) is 1.56. The number of ether oxygens (including phenoxy) is 2. The van der Waals surface area contributed by atoms with Crippen LogP contribution in [0.5, 0.6) is 11.5 Å². The SMILES string of the molecule is COc1ccc2c(c1)OC(=O)C[C@@H]2CC(=O)c1ccccc1. The van der Waals surface area contributed by atoms with Crippen molar-refractivity contribution in [1.29, 1.82) is 0 Å². The van der Waals surface area contributed by atoms with E-state index in [2.05, 4.69) is 0 Å². The van der Waals surface area contributed by atoms with Crippen LogP contribution in [0.1, 0.15) is 34.7 Å². The van der Waals surface area contributed by atoms with Crippen LogP contribution in [0.3, 0.4) is 0 Å². The molecule has 0 saturated heterocycles. The van der Waals surface area contributed by atoms with Gasteiger partial charge in [0.25, 0.3) is 0 Å². The first kappa shape index (κ1) is 14.3. The minimum absolute atomic E-state index is 0.0297. The van der Waals surface area contributed by atoms with Gasteiger partial charge in [0.05, 0.1) is 13.5 Å². The molecule has 0 aromatic heterocycles. The number of ketones is 1. The quantitative estimate of drug-likeness (QED) is 0.493. The zero-order valence-electron chi connectivity index (χ0n) is 12.2. The van der Waals surface area contributed by atoms with Gasteiger partial charge in [-0.15, -0.1) is 0 Å². The second-order valence-corrected chi connectivity index (χ2v) is 5.27. The Labute approximate surface area is 128 Å². The van der Waals surface area contributed by atoms with Crippen LogP contribution in [0.25, 0.3) is 0 Å². The third-order valence-electron chi connectivity index (χ3n) is 3.82. The highest BCUT2D eigenvalue weighted by Gasteiger charge is 2.29. The molecule has 0 fully saturated rings. The third-order valence-corrected chi connectivity index (χ3v) is 3.82. The first-order chi connectivity index (χ1) is 10.7. The molecule has 1 aliphatic rings. The Morgan fingerprint density at radius 3 is 2.73 bits per heavy atom. The maximum Gasteiger partial charge on any atom is 0.311 e. The van der Waals surface area contributed by atoms with Gasteiger partial charge in [-0.1, -0.05) is 36.4 Å². The van der Waals surface area contributed by atoms with E-state index in [1.807, 2.05) is 30.3 Å². The summed E-state index contributed by atoms with van der Waals surface area (Å²) in [4.78, 5) is 24.2. The second-order valence-electron chi connectivity index (χ2n) is 5.27. The average Bonchev–Trinajstić information content (AvgIpc) is 2.54. The van der Waals surface area contributed by atoms with Crippen molar-refractivity contribution >= 4 is 11.8 Å². The molecule has 3 rings (SSSR count). The van der Waals surface area contributed by atoms with Gasteiger partial charge in [-0.2, -0.15) is 0 Å². The molecule has 0 radical (unpaired) electrons. The molecule has 1 atom stereocenters. The van der Waals surface area contributed by atoms with E-state index >= 15 is 0 Å². The highest BCUT2D eigenvalue weighted by atomic mass is 16.5. The van der Waals surface area contributed by atoms with Crippen LogP contribution in [-0.2, 0) is 4.79 Å². The van der Waals surface area contributed by atoms with Gasteiger partial charge in [-0.3, -0.25) is 9.59 Å². The van der Waals surface area contributed by atoms with Crippen LogP contribution in [0, 0.1) is 0 Å². The molecule has 0 amide bonds. The number of rotatable bonds is 4. The standard InChI is InChI=1S/C18H16O4/c1-21-14-7-8-15-13(10-18(20)22-17(15)11-14)9-16(19)12-5-3-2-4-6-12/h2-8,11,13H,9-10H2,1H3/t13-/m0/s1. The van der Waals surface area contributed by atoms with Crippen molar-refractivity contribution in [3.05, 3.63) is 59.7 Å². The molecule has 0 spiro atoms. The molecule has 112 valence electrons. The number of carbonyl (C=O) groups excluding carboxylic acids is 2. The van der Waals surface area contributed by atoms with E-state index in [0.29, 0.717) is 23.5 Å². The Bertz CT molecular complexity index is 706. The summed E-state index contributed by atoms with van der Waals surface area (Å²) in [6.45, 7) is 0. The lowest BCUT2D eigenvalue weighted by Gasteiger charge is -2.24. The molecule has 22 heavy (non-hydrogen) atoms. The fourth-order valence-corrected chi connectivity index (χ4v) is 2.69. The molecular weight excluding hydrogens is 280 g/mol. The van der Waals surface area contributed by atoms with E-state index in [1.54, 1.807) is 25.3 Å². The number of methoxy groups -OCH3 is 1. The molecule has 0 aliphatic carbocycles. The van der Waals surface area contributed by atoms with E-state index in [9.17, 15) is 9.59 Å². The summed E-state index contributed by atoms with van der Waals surface area (Å²) < 4.78 is 10.4. The third kappa shape index (κ3) is 2.86. The number of hydrogen-bond donors (Lipinski definition) is 0. The predicted octanol–water partition coefficient (Wildman–Crippen LogP) is 3.36. The van der Waals surface area contributed by atoms with Crippen LogP contribution in [-0.4, -0.2) is 18.9 Å². The average molecular weight is 296 g/mol. The zero-order chi connectivity index (χ0) is 15.5. The Morgan fingerprint density at radius 1 is 1.23 bits per heavy atom. The zero-order valence-corrected chi connectivity index (χ0v) is 12.2. The Kier molecular flexibility index (Phi) is 3.92. The van der Waals surface area contributed by atoms with Gasteiger partial charge >= 0.3 is 5.97 Å². The Hall–Kier alpha value is -2.62. The van der Waals surface area contributed by atoms with Crippen molar-refractivity contribution in [3.8, 4) is 11.5 Å². The fourth-order valence-electron chi connectivity index (χ4n) is 2.69. The minimum Gasteiger partial charge on any atom is -0.497 e. The molecule has 2 aromatic rings. The summed E-state index contributed by atoms with van der Waals surface area (Å²) in [5.74, 6) is 0.673. The first-order valence-corrected chi connectivity index (χ1v) is 7.14. The largest absolute Gasteiger partial charge is 0.497 e. The van der Waals surface area contributed by atoms with Gasteiger partial charge in [0.15, 0.2) is 5.78 Å². The number of fused-ring (bicyclic) bond motifs is 1. The molecule has 1 heterocycles. The van der Waals surface area contributed by atoms with E-state index in [-0.39, 0.29) is 24.1 Å². The van der Waals surface area contributed by atoms with Crippen LogP contribution in [0.15, 0.2) is 48.5 Å². The van der Waals surface area contributed by atoms with Gasteiger partial charge in [0, 0.05) is 24.0 Å².